The molecule has 4 nitrogen and oxygen atoms in total. The molecule has 110 valence electrons. The highest BCUT2D eigenvalue weighted by Crippen LogP contribution is 2.34. The quantitative estimate of drug-likeness (QED) is 0.846. The fourth-order valence-electron chi connectivity index (χ4n) is 3.67. The van der Waals surface area contributed by atoms with E-state index in [4.69, 9.17) is 0 Å². The van der Waals surface area contributed by atoms with E-state index in [0.29, 0.717) is 5.92 Å². The van der Waals surface area contributed by atoms with E-state index in [0.717, 1.165) is 44.9 Å². The van der Waals surface area contributed by atoms with Crippen LogP contribution in [0, 0.1) is 11.8 Å². The summed E-state index contributed by atoms with van der Waals surface area (Å²) in [6, 6.07) is -0.244. The van der Waals surface area contributed by atoms with Crippen molar-refractivity contribution in [2.75, 3.05) is 33.2 Å². The Morgan fingerprint density at radius 2 is 1.74 bits per heavy atom. The van der Waals surface area contributed by atoms with Gasteiger partial charge >= 0.3 is 5.97 Å². The normalized spacial score (nSPS) is 32.1. The van der Waals surface area contributed by atoms with Crippen LogP contribution in [0.5, 0.6) is 0 Å². The molecule has 0 spiro atoms. The summed E-state index contributed by atoms with van der Waals surface area (Å²) in [5.74, 6) is 0.589. The molecular weight excluding hydrogens is 240 g/mol. The largest absolute Gasteiger partial charge is 0.480 e. The lowest BCUT2D eigenvalue weighted by Gasteiger charge is -2.41. The molecule has 19 heavy (non-hydrogen) atoms. The van der Waals surface area contributed by atoms with E-state index in [-0.39, 0.29) is 6.04 Å². The van der Waals surface area contributed by atoms with Crippen molar-refractivity contribution in [2.45, 2.75) is 45.1 Å². The Hall–Kier alpha value is -0.610. The fourth-order valence-corrected chi connectivity index (χ4v) is 3.67. The second kappa shape index (κ2) is 6.71. The summed E-state index contributed by atoms with van der Waals surface area (Å²) in [5.41, 5.74) is 0. The molecule has 0 aromatic rings. The molecule has 2 aliphatic rings. The Balaban J connectivity index is 1.95. The van der Waals surface area contributed by atoms with E-state index < -0.39 is 5.97 Å². The Morgan fingerprint density at radius 3 is 2.21 bits per heavy atom. The number of carboxylic acids is 1. The van der Waals surface area contributed by atoms with E-state index >= 15 is 0 Å². The lowest BCUT2D eigenvalue weighted by atomic mass is 9.77. The summed E-state index contributed by atoms with van der Waals surface area (Å²) in [5, 5.41) is 9.61. The van der Waals surface area contributed by atoms with Gasteiger partial charge in [-0.15, -0.1) is 0 Å². The number of piperazine rings is 1. The van der Waals surface area contributed by atoms with Gasteiger partial charge in [0, 0.05) is 26.2 Å². The van der Waals surface area contributed by atoms with E-state index in [2.05, 4.69) is 23.8 Å². The van der Waals surface area contributed by atoms with Crippen LogP contribution in [0.15, 0.2) is 0 Å². The molecule has 0 aromatic carbocycles. The van der Waals surface area contributed by atoms with Gasteiger partial charge in [0.25, 0.3) is 0 Å². The van der Waals surface area contributed by atoms with Crippen molar-refractivity contribution in [3.63, 3.8) is 0 Å². The standard InChI is InChI=1S/C15H28N2O2/c1-3-12-4-6-13(7-5-12)14(15(18)19)17-10-8-16(2)9-11-17/h12-14H,3-11H2,1-2H3,(H,18,19). The number of rotatable bonds is 4. The monoisotopic (exact) mass is 268 g/mol. The molecular formula is C15H28N2O2. The number of carbonyl (C=O) groups is 1. The van der Waals surface area contributed by atoms with Crippen molar-refractivity contribution in [2.24, 2.45) is 11.8 Å². The molecule has 1 unspecified atom stereocenters. The Kier molecular flexibility index (Phi) is 5.22. The van der Waals surface area contributed by atoms with Crippen LogP contribution in [0.4, 0.5) is 0 Å². The van der Waals surface area contributed by atoms with Crippen LogP contribution in [0.1, 0.15) is 39.0 Å². The third-order valence-electron chi connectivity index (χ3n) is 5.10. The van der Waals surface area contributed by atoms with Gasteiger partial charge in [0.1, 0.15) is 6.04 Å². The first-order chi connectivity index (χ1) is 9.11. The number of carboxylic acid groups (broad SMARTS) is 1. The highest BCUT2D eigenvalue weighted by atomic mass is 16.4. The van der Waals surface area contributed by atoms with Crippen LogP contribution in [0.25, 0.3) is 0 Å². The fraction of sp³-hybridized carbons (Fsp3) is 0.933. The number of hydrogen-bond donors (Lipinski definition) is 1. The van der Waals surface area contributed by atoms with Gasteiger partial charge in [0.15, 0.2) is 0 Å². The zero-order valence-corrected chi connectivity index (χ0v) is 12.3. The molecule has 0 amide bonds. The molecule has 1 atom stereocenters. The predicted octanol–water partition coefficient (Wildman–Crippen LogP) is 1.90. The van der Waals surface area contributed by atoms with Crippen LogP contribution in [-0.2, 0) is 4.79 Å². The molecule has 2 rings (SSSR count). The van der Waals surface area contributed by atoms with Crippen LogP contribution in [0.3, 0.4) is 0 Å². The summed E-state index contributed by atoms with van der Waals surface area (Å²) in [4.78, 5) is 16.2. The highest BCUT2D eigenvalue weighted by molar-refractivity contribution is 5.74. The topological polar surface area (TPSA) is 43.8 Å². The summed E-state index contributed by atoms with van der Waals surface area (Å²) >= 11 is 0. The number of likely N-dealkylation sites (N-methyl/N-ethyl adjacent to an activating group) is 1. The van der Waals surface area contributed by atoms with Gasteiger partial charge < -0.3 is 10.0 Å². The van der Waals surface area contributed by atoms with E-state index in [1.165, 1.54) is 19.3 Å². The molecule has 1 N–H and O–H groups in total. The van der Waals surface area contributed by atoms with E-state index in [1.807, 2.05) is 0 Å². The van der Waals surface area contributed by atoms with E-state index in [9.17, 15) is 9.90 Å². The second-order valence-corrected chi connectivity index (χ2v) is 6.31. The summed E-state index contributed by atoms with van der Waals surface area (Å²) in [6.07, 6.45) is 5.89. The molecule has 1 aliphatic carbocycles. The Bertz CT molecular complexity index is 293. The van der Waals surface area contributed by atoms with Crippen LogP contribution >= 0.6 is 0 Å². The Morgan fingerprint density at radius 1 is 1.16 bits per heavy atom. The summed E-state index contributed by atoms with van der Waals surface area (Å²) < 4.78 is 0. The van der Waals surface area contributed by atoms with Crippen molar-refractivity contribution >= 4 is 5.97 Å². The predicted molar refractivity (Wildman–Crippen MR) is 76.2 cm³/mol. The molecule has 0 aromatic heterocycles. The lowest BCUT2D eigenvalue weighted by Crippen LogP contribution is -2.54. The lowest BCUT2D eigenvalue weighted by molar-refractivity contribution is -0.147. The smallest absolute Gasteiger partial charge is 0.321 e. The van der Waals surface area contributed by atoms with Crippen LogP contribution < -0.4 is 0 Å². The van der Waals surface area contributed by atoms with Crippen molar-refractivity contribution in [3.05, 3.63) is 0 Å². The average Bonchev–Trinajstić information content (AvgIpc) is 2.42. The van der Waals surface area contributed by atoms with Crippen molar-refractivity contribution in [1.82, 2.24) is 9.80 Å². The highest BCUT2D eigenvalue weighted by Gasteiger charge is 2.36. The molecule has 1 heterocycles. The zero-order valence-electron chi connectivity index (χ0n) is 12.3. The number of hydrogen-bond acceptors (Lipinski definition) is 3. The van der Waals surface area contributed by atoms with Gasteiger partial charge in [0.05, 0.1) is 0 Å². The second-order valence-electron chi connectivity index (χ2n) is 6.31. The minimum absolute atomic E-state index is 0.244. The first kappa shape index (κ1) is 14.8. The zero-order chi connectivity index (χ0) is 13.8. The molecule has 0 radical (unpaired) electrons. The van der Waals surface area contributed by atoms with Gasteiger partial charge in [-0.2, -0.15) is 0 Å². The van der Waals surface area contributed by atoms with Crippen molar-refractivity contribution in [3.8, 4) is 0 Å². The SMILES string of the molecule is CCC1CCC(C(C(=O)O)N2CCN(C)CC2)CC1. The van der Waals surface area contributed by atoms with Crippen molar-refractivity contribution in [1.29, 1.82) is 0 Å². The van der Waals surface area contributed by atoms with Gasteiger partial charge in [-0.25, -0.2) is 0 Å². The minimum Gasteiger partial charge on any atom is -0.480 e. The number of aliphatic carboxylic acids is 1. The van der Waals surface area contributed by atoms with Crippen molar-refractivity contribution < 1.29 is 9.90 Å². The number of nitrogens with zero attached hydrogens (tertiary/aromatic N) is 2. The third-order valence-corrected chi connectivity index (χ3v) is 5.10. The maximum Gasteiger partial charge on any atom is 0.321 e. The molecule has 4 heteroatoms. The van der Waals surface area contributed by atoms with Crippen LogP contribution in [0.2, 0.25) is 0 Å². The van der Waals surface area contributed by atoms with Gasteiger partial charge in [-0.1, -0.05) is 26.2 Å². The maximum absolute atomic E-state index is 11.7. The molecule has 1 saturated heterocycles. The molecule has 1 aliphatic heterocycles. The average molecular weight is 268 g/mol. The molecule has 0 bridgehead atoms. The minimum atomic E-state index is -0.607. The third kappa shape index (κ3) is 3.69. The first-order valence-electron chi connectivity index (χ1n) is 7.77. The van der Waals surface area contributed by atoms with Gasteiger partial charge in [-0.3, -0.25) is 9.69 Å². The van der Waals surface area contributed by atoms with E-state index in [1.54, 1.807) is 0 Å². The Labute approximate surface area is 116 Å². The summed E-state index contributed by atoms with van der Waals surface area (Å²) in [7, 11) is 2.11. The molecule has 2 fully saturated rings. The van der Waals surface area contributed by atoms with Gasteiger partial charge in [-0.05, 0) is 31.7 Å². The first-order valence-corrected chi connectivity index (χ1v) is 7.77. The maximum atomic E-state index is 11.7. The molecule has 1 saturated carbocycles. The van der Waals surface area contributed by atoms with Gasteiger partial charge in [0.2, 0.25) is 0 Å². The summed E-state index contributed by atoms with van der Waals surface area (Å²) in [6.45, 7) is 6.05. The van der Waals surface area contributed by atoms with Crippen LogP contribution in [-0.4, -0.2) is 60.1 Å².